The highest BCUT2D eigenvalue weighted by Crippen LogP contribution is 2.46. The molecule has 0 bridgehead atoms. The summed E-state index contributed by atoms with van der Waals surface area (Å²) in [4.78, 5) is 25.5. The Labute approximate surface area is 158 Å². The van der Waals surface area contributed by atoms with E-state index in [2.05, 4.69) is 0 Å². The van der Waals surface area contributed by atoms with E-state index in [0.29, 0.717) is 29.7 Å². The number of allylic oxidation sites excluding steroid dienone is 3. The zero-order valence-electron chi connectivity index (χ0n) is 15.1. The maximum absolute atomic E-state index is 13.2. The maximum Gasteiger partial charge on any atom is 0.198 e. The molecule has 1 aliphatic heterocycles. The lowest BCUT2D eigenvalue weighted by Crippen LogP contribution is -2.32. The molecule has 0 saturated heterocycles. The molecule has 4 nitrogen and oxygen atoms in total. The summed E-state index contributed by atoms with van der Waals surface area (Å²) in [5, 5.41) is 0. The van der Waals surface area contributed by atoms with Crippen molar-refractivity contribution in [2.45, 2.75) is 31.6 Å². The van der Waals surface area contributed by atoms with Crippen LogP contribution in [0.3, 0.4) is 0 Å². The van der Waals surface area contributed by atoms with E-state index >= 15 is 0 Å². The molecule has 136 valence electrons. The van der Waals surface area contributed by atoms with Gasteiger partial charge in [-0.05, 0) is 24.0 Å². The molecule has 0 amide bonds. The maximum atomic E-state index is 13.2. The minimum Gasteiger partial charge on any atom is -0.445 e. The number of rotatable bonds is 3. The van der Waals surface area contributed by atoms with Gasteiger partial charge in [-0.1, -0.05) is 60.7 Å². The largest absolute Gasteiger partial charge is 0.445 e. The number of carbonyl (C=O) groups excluding carboxylic acids is 2. The SMILES string of the molecule is CC(=O)C1=C(N)OC2=C(C(=O)CC(c3ccccc3)C2)C1c1ccccc1. The van der Waals surface area contributed by atoms with Gasteiger partial charge in [0, 0.05) is 24.3 Å². The molecule has 2 unspecified atom stereocenters. The summed E-state index contributed by atoms with van der Waals surface area (Å²) in [6.45, 7) is 1.47. The van der Waals surface area contributed by atoms with Crippen molar-refractivity contribution in [3.8, 4) is 0 Å². The summed E-state index contributed by atoms with van der Waals surface area (Å²) in [5.41, 5.74) is 9.07. The predicted octanol–water partition coefficient (Wildman–Crippen LogP) is 3.96. The molecule has 2 aromatic carbocycles. The number of carbonyl (C=O) groups is 2. The van der Waals surface area contributed by atoms with E-state index in [4.69, 9.17) is 10.5 Å². The zero-order valence-corrected chi connectivity index (χ0v) is 15.1. The van der Waals surface area contributed by atoms with Crippen LogP contribution in [0, 0.1) is 0 Å². The van der Waals surface area contributed by atoms with Crippen LogP contribution in [0.4, 0.5) is 0 Å². The minimum absolute atomic E-state index is 0.0187. The molecule has 2 N–H and O–H groups in total. The number of ketones is 2. The quantitative estimate of drug-likeness (QED) is 0.900. The Hall–Kier alpha value is -3.14. The van der Waals surface area contributed by atoms with Crippen LogP contribution in [0.25, 0.3) is 0 Å². The fourth-order valence-electron chi connectivity index (χ4n) is 4.10. The summed E-state index contributed by atoms with van der Waals surface area (Å²) in [6, 6.07) is 19.5. The van der Waals surface area contributed by atoms with Gasteiger partial charge in [0.2, 0.25) is 0 Å². The van der Waals surface area contributed by atoms with Gasteiger partial charge in [-0.25, -0.2) is 0 Å². The molecular formula is C23H21NO3. The van der Waals surface area contributed by atoms with Crippen molar-refractivity contribution >= 4 is 11.6 Å². The average molecular weight is 359 g/mol. The lowest BCUT2D eigenvalue weighted by molar-refractivity contribution is -0.117. The van der Waals surface area contributed by atoms with Crippen LogP contribution in [0.15, 0.2) is 83.5 Å². The molecule has 0 aromatic heterocycles. The molecule has 4 rings (SSSR count). The molecule has 4 heteroatoms. The topological polar surface area (TPSA) is 69.4 Å². The summed E-state index contributed by atoms with van der Waals surface area (Å²) in [5.74, 6) is 0.140. The normalized spacial score (nSPS) is 22.3. The standard InChI is InChI=1S/C23H21NO3/c1-14(25)20-21(16-10-6-3-7-11-16)22-18(26)12-17(13-19(22)27-23(20)24)15-8-4-2-5-9-15/h2-11,17,21H,12-13,24H2,1H3. The first-order chi connectivity index (χ1) is 13.1. The first-order valence-electron chi connectivity index (χ1n) is 9.10. The number of Topliss-reactive ketones (excluding diaryl/α,β-unsaturated/α-hetero) is 2. The highest BCUT2D eigenvalue weighted by Gasteiger charge is 2.41. The van der Waals surface area contributed by atoms with E-state index in [1.54, 1.807) is 0 Å². The van der Waals surface area contributed by atoms with Gasteiger partial charge in [-0.15, -0.1) is 0 Å². The average Bonchev–Trinajstić information content (AvgIpc) is 2.67. The summed E-state index contributed by atoms with van der Waals surface area (Å²) in [6.07, 6.45) is 1.00. The second-order valence-corrected chi connectivity index (χ2v) is 7.06. The number of benzene rings is 2. The van der Waals surface area contributed by atoms with Crippen molar-refractivity contribution in [2.24, 2.45) is 5.73 Å². The molecule has 0 radical (unpaired) electrons. The third-order valence-electron chi connectivity index (χ3n) is 5.32. The summed E-state index contributed by atoms with van der Waals surface area (Å²) < 4.78 is 5.83. The lowest BCUT2D eigenvalue weighted by Gasteiger charge is -2.35. The summed E-state index contributed by atoms with van der Waals surface area (Å²) >= 11 is 0. The van der Waals surface area contributed by atoms with Crippen molar-refractivity contribution in [1.82, 2.24) is 0 Å². The Kier molecular flexibility index (Phi) is 4.40. The van der Waals surface area contributed by atoms with Crippen molar-refractivity contribution < 1.29 is 14.3 Å². The zero-order chi connectivity index (χ0) is 19.0. The summed E-state index contributed by atoms with van der Waals surface area (Å²) in [7, 11) is 0. The van der Waals surface area contributed by atoms with Crippen LogP contribution in [-0.4, -0.2) is 11.6 Å². The smallest absolute Gasteiger partial charge is 0.198 e. The van der Waals surface area contributed by atoms with Crippen molar-refractivity contribution in [3.05, 3.63) is 94.6 Å². The van der Waals surface area contributed by atoms with Gasteiger partial charge in [0.15, 0.2) is 17.4 Å². The van der Waals surface area contributed by atoms with Crippen LogP contribution >= 0.6 is 0 Å². The van der Waals surface area contributed by atoms with E-state index in [9.17, 15) is 9.59 Å². The molecule has 2 atom stereocenters. The van der Waals surface area contributed by atoms with Crippen LogP contribution in [0.5, 0.6) is 0 Å². The van der Waals surface area contributed by atoms with E-state index in [0.717, 1.165) is 11.1 Å². The van der Waals surface area contributed by atoms with Gasteiger partial charge in [0.25, 0.3) is 0 Å². The third-order valence-corrected chi connectivity index (χ3v) is 5.32. The number of ether oxygens (including phenoxy) is 1. The molecule has 1 heterocycles. The second-order valence-electron chi connectivity index (χ2n) is 7.06. The Balaban J connectivity index is 1.81. The van der Waals surface area contributed by atoms with E-state index in [-0.39, 0.29) is 23.4 Å². The minimum atomic E-state index is -0.461. The van der Waals surface area contributed by atoms with E-state index in [1.165, 1.54) is 6.92 Å². The van der Waals surface area contributed by atoms with Gasteiger partial charge in [-0.3, -0.25) is 9.59 Å². The van der Waals surface area contributed by atoms with Gasteiger partial charge >= 0.3 is 0 Å². The molecule has 27 heavy (non-hydrogen) atoms. The molecule has 2 aromatic rings. The van der Waals surface area contributed by atoms with Crippen LogP contribution in [0.1, 0.15) is 42.7 Å². The van der Waals surface area contributed by atoms with Gasteiger partial charge in [0.05, 0.1) is 5.57 Å². The van der Waals surface area contributed by atoms with Crippen LogP contribution < -0.4 is 5.73 Å². The van der Waals surface area contributed by atoms with Crippen LogP contribution in [-0.2, 0) is 14.3 Å². The monoisotopic (exact) mass is 359 g/mol. The lowest BCUT2D eigenvalue weighted by atomic mass is 9.73. The highest BCUT2D eigenvalue weighted by atomic mass is 16.5. The van der Waals surface area contributed by atoms with Crippen molar-refractivity contribution in [1.29, 1.82) is 0 Å². The molecule has 0 fully saturated rings. The Morgan fingerprint density at radius 2 is 1.56 bits per heavy atom. The first kappa shape index (κ1) is 17.3. The molecule has 1 aliphatic carbocycles. The molecular weight excluding hydrogens is 338 g/mol. The second kappa shape index (κ2) is 6.88. The van der Waals surface area contributed by atoms with E-state index < -0.39 is 5.92 Å². The van der Waals surface area contributed by atoms with Gasteiger partial charge in [0.1, 0.15) is 5.76 Å². The first-order valence-corrected chi connectivity index (χ1v) is 9.10. The number of hydrogen-bond donors (Lipinski definition) is 1. The van der Waals surface area contributed by atoms with Gasteiger partial charge in [-0.2, -0.15) is 0 Å². The molecule has 2 aliphatic rings. The van der Waals surface area contributed by atoms with Gasteiger partial charge < -0.3 is 10.5 Å². The van der Waals surface area contributed by atoms with Crippen molar-refractivity contribution in [3.63, 3.8) is 0 Å². The third kappa shape index (κ3) is 3.08. The van der Waals surface area contributed by atoms with Crippen LogP contribution in [0.2, 0.25) is 0 Å². The number of nitrogens with two attached hydrogens (primary N) is 1. The molecule has 0 saturated carbocycles. The fourth-order valence-corrected chi connectivity index (χ4v) is 4.10. The molecule has 0 spiro atoms. The number of hydrogen-bond acceptors (Lipinski definition) is 4. The Bertz CT molecular complexity index is 958. The van der Waals surface area contributed by atoms with Crippen molar-refractivity contribution in [2.75, 3.05) is 0 Å². The van der Waals surface area contributed by atoms with E-state index in [1.807, 2.05) is 60.7 Å². The highest BCUT2D eigenvalue weighted by molar-refractivity contribution is 6.05. The Morgan fingerprint density at radius 1 is 0.963 bits per heavy atom. The Morgan fingerprint density at radius 3 is 2.15 bits per heavy atom. The predicted molar refractivity (Wildman–Crippen MR) is 103 cm³/mol. The fraction of sp³-hybridized carbons (Fsp3) is 0.217.